The van der Waals surface area contributed by atoms with Crippen LogP contribution in [0.25, 0.3) is 0 Å². The van der Waals surface area contributed by atoms with Crippen molar-refractivity contribution in [1.82, 2.24) is 20.6 Å². The molecule has 0 amide bonds. The topological polar surface area (TPSA) is 80.5 Å². The maximum atomic E-state index is 5.93. The summed E-state index contributed by atoms with van der Waals surface area (Å²) in [6, 6.07) is 1.76. The molecule has 6 heteroatoms. The van der Waals surface area contributed by atoms with Gasteiger partial charge in [0, 0.05) is 4.88 Å². The van der Waals surface area contributed by atoms with Crippen molar-refractivity contribution in [2.45, 2.75) is 13.0 Å². The predicted molar refractivity (Wildman–Crippen MR) is 49.3 cm³/mol. The molecule has 1 unspecified atom stereocenters. The molecule has 2 aromatic rings. The molecule has 0 fully saturated rings. The number of thiophene rings is 1. The molecule has 0 bridgehead atoms. The molecule has 5 nitrogen and oxygen atoms in total. The Morgan fingerprint density at radius 3 is 3.00 bits per heavy atom. The maximum Gasteiger partial charge on any atom is 0.196 e. The number of hydrogen-bond donors (Lipinski definition) is 2. The summed E-state index contributed by atoms with van der Waals surface area (Å²) in [7, 11) is 0. The van der Waals surface area contributed by atoms with Crippen molar-refractivity contribution in [2.75, 3.05) is 0 Å². The van der Waals surface area contributed by atoms with Gasteiger partial charge in [-0.25, -0.2) is 0 Å². The number of nitrogens with zero attached hydrogens (tertiary/aromatic N) is 3. The highest BCUT2D eigenvalue weighted by molar-refractivity contribution is 7.10. The molecule has 0 aliphatic carbocycles. The number of nitrogens with one attached hydrogen (secondary N) is 1. The Balaban J connectivity index is 2.33. The standard InChI is InChI=1S/C7H9N5S/c1-4-2-3-13-6(4)5(8)7-9-11-12-10-7/h2-3,5H,8H2,1H3,(H,9,10,11,12). The largest absolute Gasteiger partial charge is 0.317 e. The number of tetrazole rings is 1. The van der Waals surface area contributed by atoms with E-state index in [9.17, 15) is 0 Å². The zero-order valence-corrected chi connectivity index (χ0v) is 7.88. The van der Waals surface area contributed by atoms with Gasteiger partial charge in [0.15, 0.2) is 5.82 Å². The molecule has 0 aromatic carbocycles. The molecule has 13 heavy (non-hydrogen) atoms. The van der Waals surface area contributed by atoms with Crippen LogP contribution in [0.5, 0.6) is 0 Å². The predicted octanol–water partition coefficient (Wildman–Crippen LogP) is 0.618. The Hall–Kier alpha value is -1.27. The van der Waals surface area contributed by atoms with Crippen molar-refractivity contribution >= 4 is 11.3 Å². The Bertz CT molecular complexity index is 379. The van der Waals surface area contributed by atoms with Gasteiger partial charge in [0.25, 0.3) is 0 Å². The van der Waals surface area contributed by atoms with Gasteiger partial charge in [-0.1, -0.05) is 5.21 Å². The van der Waals surface area contributed by atoms with Gasteiger partial charge in [0.2, 0.25) is 0 Å². The fraction of sp³-hybridized carbons (Fsp3) is 0.286. The van der Waals surface area contributed by atoms with E-state index >= 15 is 0 Å². The van der Waals surface area contributed by atoms with Crippen LogP contribution in [0, 0.1) is 6.92 Å². The van der Waals surface area contributed by atoms with Gasteiger partial charge in [0.1, 0.15) is 6.04 Å². The van der Waals surface area contributed by atoms with E-state index in [0.29, 0.717) is 5.82 Å². The number of H-pyrrole nitrogens is 1. The van der Waals surface area contributed by atoms with E-state index in [1.165, 1.54) is 5.56 Å². The Labute approximate surface area is 79.0 Å². The molecule has 1 atom stereocenters. The minimum absolute atomic E-state index is 0.265. The van der Waals surface area contributed by atoms with Crippen molar-refractivity contribution in [1.29, 1.82) is 0 Å². The van der Waals surface area contributed by atoms with Crippen LogP contribution in [-0.4, -0.2) is 20.6 Å². The van der Waals surface area contributed by atoms with Gasteiger partial charge in [-0.15, -0.1) is 21.5 Å². The number of aryl methyl sites for hydroxylation is 1. The number of hydrogen-bond acceptors (Lipinski definition) is 5. The minimum atomic E-state index is -0.265. The number of nitrogens with two attached hydrogens (primary N) is 1. The second-order valence-corrected chi connectivity index (χ2v) is 3.66. The lowest BCUT2D eigenvalue weighted by Gasteiger charge is -2.04. The molecule has 3 N–H and O–H groups in total. The van der Waals surface area contributed by atoms with E-state index in [-0.39, 0.29) is 6.04 Å². The van der Waals surface area contributed by atoms with E-state index in [1.807, 2.05) is 18.4 Å². The highest BCUT2D eigenvalue weighted by Gasteiger charge is 2.16. The summed E-state index contributed by atoms with van der Waals surface area (Å²) in [4.78, 5) is 1.08. The maximum absolute atomic E-state index is 5.93. The fourth-order valence-electron chi connectivity index (χ4n) is 1.12. The van der Waals surface area contributed by atoms with Crippen LogP contribution in [0.3, 0.4) is 0 Å². The van der Waals surface area contributed by atoms with E-state index < -0.39 is 0 Å². The average molecular weight is 195 g/mol. The van der Waals surface area contributed by atoms with Crippen molar-refractivity contribution in [3.63, 3.8) is 0 Å². The monoisotopic (exact) mass is 195 g/mol. The van der Waals surface area contributed by atoms with E-state index in [2.05, 4.69) is 20.6 Å². The summed E-state index contributed by atoms with van der Waals surface area (Å²) < 4.78 is 0. The third-order valence-electron chi connectivity index (χ3n) is 1.82. The summed E-state index contributed by atoms with van der Waals surface area (Å²) in [5, 5.41) is 15.6. The molecular weight excluding hydrogens is 186 g/mol. The first-order valence-electron chi connectivity index (χ1n) is 3.82. The highest BCUT2D eigenvalue weighted by Crippen LogP contribution is 2.24. The van der Waals surface area contributed by atoms with Gasteiger partial charge in [-0.05, 0) is 23.9 Å². The Morgan fingerprint density at radius 1 is 1.62 bits per heavy atom. The lowest BCUT2D eigenvalue weighted by molar-refractivity contribution is 0.795. The lowest BCUT2D eigenvalue weighted by atomic mass is 10.2. The molecule has 0 saturated heterocycles. The minimum Gasteiger partial charge on any atom is -0.317 e. The molecule has 0 saturated carbocycles. The molecular formula is C7H9N5S. The van der Waals surface area contributed by atoms with E-state index in [0.717, 1.165) is 4.88 Å². The van der Waals surface area contributed by atoms with Gasteiger partial charge < -0.3 is 5.73 Å². The van der Waals surface area contributed by atoms with Crippen molar-refractivity contribution in [3.8, 4) is 0 Å². The first-order valence-corrected chi connectivity index (χ1v) is 4.70. The summed E-state index contributed by atoms with van der Waals surface area (Å²) in [6.45, 7) is 2.02. The molecule has 2 rings (SSSR count). The quantitative estimate of drug-likeness (QED) is 0.736. The van der Waals surface area contributed by atoms with Crippen LogP contribution in [0.2, 0.25) is 0 Å². The zero-order chi connectivity index (χ0) is 9.26. The molecule has 0 aliphatic heterocycles. The van der Waals surface area contributed by atoms with Gasteiger partial charge in [-0.3, -0.25) is 0 Å². The summed E-state index contributed by atoms with van der Waals surface area (Å²) >= 11 is 1.61. The van der Waals surface area contributed by atoms with E-state index in [4.69, 9.17) is 5.73 Å². The fourth-order valence-corrected chi connectivity index (χ4v) is 2.05. The average Bonchev–Trinajstić information content (AvgIpc) is 2.72. The summed E-state index contributed by atoms with van der Waals surface area (Å²) in [5.41, 5.74) is 7.10. The van der Waals surface area contributed by atoms with Crippen LogP contribution < -0.4 is 5.73 Å². The van der Waals surface area contributed by atoms with Crippen LogP contribution in [0.1, 0.15) is 22.3 Å². The van der Waals surface area contributed by atoms with Crippen molar-refractivity contribution in [3.05, 3.63) is 27.7 Å². The zero-order valence-electron chi connectivity index (χ0n) is 7.06. The van der Waals surface area contributed by atoms with Crippen molar-refractivity contribution < 1.29 is 0 Å². The summed E-state index contributed by atoms with van der Waals surface area (Å²) in [5.74, 6) is 0.533. The van der Waals surface area contributed by atoms with Gasteiger partial charge in [-0.2, -0.15) is 5.21 Å². The number of rotatable bonds is 2. The van der Waals surface area contributed by atoms with Gasteiger partial charge in [0.05, 0.1) is 0 Å². The van der Waals surface area contributed by atoms with Crippen LogP contribution in [-0.2, 0) is 0 Å². The number of aromatic amines is 1. The lowest BCUT2D eigenvalue weighted by Crippen LogP contribution is -2.13. The molecule has 0 spiro atoms. The first-order chi connectivity index (χ1) is 6.29. The molecule has 2 aromatic heterocycles. The van der Waals surface area contributed by atoms with Crippen LogP contribution in [0.4, 0.5) is 0 Å². The Kier molecular flexibility index (Phi) is 2.07. The molecule has 68 valence electrons. The smallest absolute Gasteiger partial charge is 0.196 e. The van der Waals surface area contributed by atoms with Crippen molar-refractivity contribution in [2.24, 2.45) is 5.73 Å². The van der Waals surface area contributed by atoms with Gasteiger partial charge >= 0.3 is 0 Å². The number of aromatic nitrogens is 4. The second-order valence-electron chi connectivity index (χ2n) is 2.72. The second kappa shape index (κ2) is 3.23. The van der Waals surface area contributed by atoms with E-state index in [1.54, 1.807) is 11.3 Å². The van der Waals surface area contributed by atoms with Crippen LogP contribution in [0.15, 0.2) is 11.4 Å². The molecule has 0 aliphatic rings. The summed E-state index contributed by atoms with van der Waals surface area (Å²) in [6.07, 6.45) is 0. The normalized spacial score (nSPS) is 13.1. The third kappa shape index (κ3) is 1.45. The highest BCUT2D eigenvalue weighted by atomic mass is 32.1. The molecule has 0 radical (unpaired) electrons. The molecule has 2 heterocycles. The SMILES string of the molecule is Cc1ccsc1C(N)c1nn[nH]n1. The van der Waals surface area contributed by atoms with Crippen LogP contribution >= 0.6 is 11.3 Å². The first kappa shape index (κ1) is 8.33. The third-order valence-corrected chi connectivity index (χ3v) is 2.93. The Morgan fingerprint density at radius 2 is 2.46 bits per heavy atom.